The van der Waals surface area contributed by atoms with E-state index in [4.69, 9.17) is 28.3 Å². The number of aromatic nitrogens is 1. The number of anilines is 1. The van der Waals surface area contributed by atoms with Gasteiger partial charge in [0.1, 0.15) is 0 Å². The van der Waals surface area contributed by atoms with Crippen molar-refractivity contribution in [2.75, 3.05) is 4.90 Å². The fourth-order valence-corrected chi connectivity index (χ4v) is 4.25. The third kappa shape index (κ3) is 5.47. The minimum absolute atomic E-state index is 0.0241. The Balaban J connectivity index is 2.03. The Morgan fingerprint density at radius 2 is 1.64 bits per heavy atom. The Morgan fingerprint density at radius 1 is 1.06 bits per heavy atom. The summed E-state index contributed by atoms with van der Waals surface area (Å²) in [5.41, 5.74) is -2.59. The molecule has 3 rings (SSSR count). The number of hydrogen-bond acceptors (Lipinski definition) is 5. The molecule has 2 N–H and O–H groups in total. The average molecular weight is 519 g/mol. The average Bonchev–Trinajstić information content (AvgIpc) is 3.21. The monoisotopic (exact) mass is 518 g/mol. The topological polar surface area (TPSA) is 90.7 Å². The summed E-state index contributed by atoms with van der Waals surface area (Å²) in [6, 6.07) is 9.70. The van der Waals surface area contributed by atoms with Crippen molar-refractivity contribution < 1.29 is 33.0 Å². The van der Waals surface area contributed by atoms with Gasteiger partial charge in [0, 0.05) is 21.8 Å². The van der Waals surface area contributed by atoms with Crippen LogP contribution in [0.5, 0.6) is 0 Å². The molecule has 1 heterocycles. The summed E-state index contributed by atoms with van der Waals surface area (Å²) in [5.74, 6) is -1.80. The quantitative estimate of drug-likeness (QED) is 0.432. The molecule has 1 atom stereocenters. The lowest BCUT2D eigenvalue weighted by atomic mass is 10.1. The van der Waals surface area contributed by atoms with Gasteiger partial charge in [0.2, 0.25) is 0 Å². The Morgan fingerprint density at radius 3 is 2.15 bits per heavy atom. The zero-order chi connectivity index (χ0) is 24.6. The Hall–Kier alpha value is -2.66. The van der Waals surface area contributed by atoms with Crippen LogP contribution in [0.15, 0.2) is 48.7 Å². The minimum atomic E-state index is -4.96. The third-order valence-electron chi connectivity index (χ3n) is 4.65. The summed E-state index contributed by atoms with van der Waals surface area (Å²) in [5, 5.41) is 19.3. The maximum absolute atomic E-state index is 13.3. The van der Waals surface area contributed by atoms with E-state index in [0.717, 1.165) is 11.1 Å². The number of carbonyl (C=O) groups is 2. The van der Waals surface area contributed by atoms with E-state index in [0.29, 0.717) is 23.8 Å². The van der Waals surface area contributed by atoms with Crippen molar-refractivity contribution in [3.63, 3.8) is 0 Å². The van der Waals surface area contributed by atoms with Crippen molar-refractivity contribution in [3.8, 4) is 0 Å². The summed E-state index contributed by atoms with van der Waals surface area (Å²) in [7, 11) is 0. The predicted molar refractivity (Wildman–Crippen MR) is 118 cm³/mol. The van der Waals surface area contributed by atoms with Gasteiger partial charge in [-0.05, 0) is 42.8 Å². The number of carbonyl (C=O) groups excluding carboxylic acids is 1. The maximum Gasteiger partial charge on any atom is 0.422 e. The molecule has 0 aliphatic heterocycles. The standard InChI is InChI=1S/C21H15Cl2F3N2O4S/c1-20(32,21(24,25)26)16-9-27-19(33-16)28(10-11-2-4-12(5-3-11)18(30)31)17(29)13-6-14(22)8-15(23)7-13/h2-9,32H,10H2,1H3,(H,30,31). The van der Waals surface area contributed by atoms with Crippen LogP contribution in [0.2, 0.25) is 10.0 Å². The van der Waals surface area contributed by atoms with Gasteiger partial charge in [-0.3, -0.25) is 9.69 Å². The van der Waals surface area contributed by atoms with Crippen LogP contribution in [-0.4, -0.2) is 33.2 Å². The molecule has 1 aromatic heterocycles. The van der Waals surface area contributed by atoms with Crippen molar-refractivity contribution in [3.05, 3.63) is 80.3 Å². The molecule has 0 saturated carbocycles. The normalized spacial score (nSPS) is 13.4. The number of carboxylic acids is 1. The first-order valence-corrected chi connectivity index (χ1v) is 10.7. The number of benzene rings is 2. The molecule has 3 aromatic rings. The van der Waals surface area contributed by atoms with E-state index in [2.05, 4.69) is 4.98 Å². The molecule has 0 saturated heterocycles. The van der Waals surface area contributed by atoms with Gasteiger partial charge in [-0.1, -0.05) is 46.7 Å². The maximum atomic E-state index is 13.3. The second-order valence-electron chi connectivity index (χ2n) is 7.13. The fourth-order valence-electron chi connectivity index (χ4n) is 2.75. The molecular weight excluding hydrogens is 504 g/mol. The van der Waals surface area contributed by atoms with E-state index in [1.807, 2.05) is 0 Å². The lowest BCUT2D eigenvalue weighted by Crippen LogP contribution is -2.38. The molecule has 0 aliphatic rings. The lowest BCUT2D eigenvalue weighted by molar-refractivity contribution is -0.257. The van der Waals surface area contributed by atoms with Crippen LogP contribution in [-0.2, 0) is 12.1 Å². The lowest BCUT2D eigenvalue weighted by Gasteiger charge is -2.24. The number of thiazole rings is 1. The van der Waals surface area contributed by atoms with Crippen molar-refractivity contribution >= 4 is 51.5 Å². The number of alkyl halides is 3. The molecule has 174 valence electrons. The molecule has 2 aromatic carbocycles. The summed E-state index contributed by atoms with van der Waals surface area (Å²) < 4.78 is 39.8. The Kier molecular flexibility index (Phi) is 7.04. The van der Waals surface area contributed by atoms with Gasteiger partial charge in [-0.2, -0.15) is 13.2 Å². The van der Waals surface area contributed by atoms with E-state index in [9.17, 15) is 27.9 Å². The van der Waals surface area contributed by atoms with Gasteiger partial charge in [-0.15, -0.1) is 0 Å². The van der Waals surface area contributed by atoms with E-state index in [1.54, 1.807) is 0 Å². The second-order valence-corrected chi connectivity index (χ2v) is 9.01. The van der Waals surface area contributed by atoms with Gasteiger partial charge in [0.25, 0.3) is 5.91 Å². The number of halogens is 5. The highest BCUT2D eigenvalue weighted by Gasteiger charge is 2.52. The number of hydrogen-bond donors (Lipinski definition) is 2. The summed E-state index contributed by atoms with van der Waals surface area (Å²) in [6.07, 6.45) is -4.11. The molecule has 0 radical (unpaired) electrons. The zero-order valence-electron chi connectivity index (χ0n) is 16.7. The second kappa shape index (κ2) is 9.30. The highest BCUT2D eigenvalue weighted by atomic mass is 35.5. The molecule has 1 amide bonds. The van der Waals surface area contributed by atoms with Crippen LogP contribution in [0, 0.1) is 0 Å². The molecule has 12 heteroatoms. The van der Waals surface area contributed by atoms with Crippen LogP contribution in [0.1, 0.15) is 38.1 Å². The number of aromatic carboxylic acids is 1. The van der Waals surface area contributed by atoms with Crippen LogP contribution in [0.3, 0.4) is 0 Å². The van der Waals surface area contributed by atoms with Crippen LogP contribution in [0.4, 0.5) is 18.3 Å². The molecule has 33 heavy (non-hydrogen) atoms. The smallest absolute Gasteiger partial charge is 0.422 e. The number of amides is 1. The fraction of sp³-hybridized carbons (Fsp3) is 0.190. The molecular formula is C21H15Cl2F3N2O4S. The Bertz CT molecular complexity index is 1180. The summed E-state index contributed by atoms with van der Waals surface area (Å²) in [4.78, 5) is 28.9. The third-order valence-corrected chi connectivity index (χ3v) is 6.32. The van der Waals surface area contributed by atoms with Crippen molar-refractivity contribution in [1.29, 1.82) is 0 Å². The number of nitrogens with zero attached hydrogens (tertiary/aromatic N) is 2. The predicted octanol–water partition coefficient (Wildman–Crippen LogP) is 5.76. The first-order chi connectivity index (χ1) is 15.3. The molecule has 6 nitrogen and oxygen atoms in total. The molecule has 0 bridgehead atoms. The zero-order valence-corrected chi connectivity index (χ0v) is 19.1. The van der Waals surface area contributed by atoms with E-state index in [1.165, 1.54) is 42.5 Å². The largest absolute Gasteiger partial charge is 0.478 e. The highest BCUT2D eigenvalue weighted by molar-refractivity contribution is 7.15. The number of carboxylic acid groups (broad SMARTS) is 1. The van der Waals surface area contributed by atoms with E-state index in [-0.39, 0.29) is 32.8 Å². The molecule has 0 aliphatic carbocycles. The van der Waals surface area contributed by atoms with Gasteiger partial charge < -0.3 is 10.2 Å². The van der Waals surface area contributed by atoms with Gasteiger partial charge in [-0.25, -0.2) is 9.78 Å². The Labute approximate surface area is 199 Å². The summed E-state index contributed by atoms with van der Waals surface area (Å²) >= 11 is 12.5. The van der Waals surface area contributed by atoms with Gasteiger partial charge in [0.05, 0.1) is 17.0 Å². The SMILES string of the molecule is CC(O)(c1cnc(N(Cc2ccc(C(=O)O)cc2)C(=O)c2cc(Cl)cc(Cl)c2)s1)C(F)(F)F. The molecule has 0 fully saturated rings. The number of rotatable bonds is 6. The van der Waals surface area contributed by atoms with Crippen molar-refractivity contribution in [2.24, 2.45) is 0 Å². The van der Waals surface area contributed by atoms with Crippen LogP contribution < -0.4 is 4.90 Å². The molecule has 0 spiro atoms. The van der Waals surface area contributed by atoms with E-state index >= 15 is 0 Å². The van der Waals surface area contributed by atoms with Crippen molar-refractivity contribution in [1.82, 2.24) is 4.98 Å². The first-order valence-electron chi connectivity index (χ1n) is 9.15. The van der Waals surface area contributed by atoms with Crippen LogP contribution >= 0.6 is 34.5 Å². The first kappa shape index (κ1) is 25.0. The summed E-state index contributed by atoms with van der Waals surface area (Å²) in [6.45, 7) is 0.446. The van der Waals surface area contributed by atoms with Gasteiger partial charge in [0.15, 0.2) is 10.7 Å². The van der Waals surface area contributed by atoms with Gasteiger partial charge >= 0.3 is 12.1 Å². The van der Waals surface area contributed by atoms with Crippen molar-refractivity contribution in [2.45, 2.75) is 25.2 Å². The minimum Gasteiger partial charge on any atom is -0.478 e. The van der Waals surface area contributed by atoms with Crippen LogP contribution in [0.25, 0.3) is 0 Å². The van der Waals surface area contributed by atoms with E-state index < -0.39 is 28.5 Å². The molecule has 1 unspecified atom stereocenters. The highest BCUT2D eigenvalue weighted by Crippen LogP contribution is 2.42. The number of aliphatic hydroxyl groups is 1.